The molecule has 106 valence electrons. The Labute approximate surface area is 129 Å². The summed E-state index contributed by atoms with van der Waals surface area (Å²) in [6.45, 7) is 7.55. The van der Waals surface area contributed by atoms with E-state index in [1.807, 2.05) is 6.92 Å². The van der Waals surface area contributed by atoms with Gasteiger partial charge in [-0.2, -0.15) is 0 Å². The third kappa shape index (κ3) is 3.87. The van der Waals surface area contributed by atoms with Crippen LogP contribution in [0.25, 0.3) is 0 Å². The molecular weight excluding hydrogens is 324 g/mol. The maximum atomic E-state index is 6.28. The molecule has 1 unspecified atom stereocenters. The number of halogens is 2. The first kappa shape index (κ1) is 15.1. The van der Waals surface area contributed by atoms with Crippen molar-refractivity contribution in [1.29, 1.82) is 0 Å². The second-order valence-electron chi connectivity index (χ2n) is 5.29. The quantitative estimate of drug-likeness (QED) is 0.874. The van der Waals surface area contributed by atoms with Crippen LogP contribution in [0.3, 0.4) is 0 Å². The molecule has 1 heterocycles. The molecule has 0 saturated carbocycles. The van der Waals surface area contributed by atoms with Gasteiger partial charge in [-0.15, -0.1) is 0 Å². The van der Waals surface area contributed by atoms with E-state index in [4.69, 9.17) is 11.6 Å². The number of aryl methyl sites for hydroxylation is 1. The zero-order valence-electron chi connectivity index (χ0n) is 11.7. The fourth-order valence-corrected chi connectivity index (χ4v) is 3.50. The Morgan fingerprint density at radius 3 is 3.00 bits per heavy atom. The summed E-state index contributed by atoms with van der Waals surface area (Å²) < 4.78 is 1.14. The van der Waals surface area contributed by atoms with Crippen molar-refractivity contribution in [3.63, 3.8) is 0 Å². The summed E-state index contributed by atoms with van der Waals surface area (Å²) >= 11 is 9.96. The molecular formula is C15H22BrClN2. The second-order valence-corrected chi connectivity index (χ2v) is 6.55. The van der Waals surface area contributed by atoms with Crippen LogP contribution in [-0.4, -0.2) is 25.7 Å². The maximum Gasteiger partial charge on any atom is 0.0526 e. The smallest absolute Gasteiger partial charge is 0.0526 e. The lowest BCUT2D eigenvalue weighted by molar-refractivity contribution is 0.502. The van der Waals surface area contributed by atoms with Crippen LogP contribution in [0.1, 0.15) is 31.7 Å². The van der Waals surface area contributed by atoms with Gasteiger partial charge in [0.25, 0.3) is 0 Å². The molecule has 1 aliphatic rings. The van der Waals surface area contributed by atoms with E-state index in [1.54, 1.807) is 0 Å². The SMILES string of the molecule is CCCC1CN(c2cc(Cl)c(C)cc2Br)CCCN1. The highest BCUT2D eigenvalue weighted by molar-refractivity contribution is 9.10. The Hall–Kier alpha value is -0.250. The van der Waals surface area contributed by atoms with Crippen LogP contribution in [0.15, 0.2) is 16.6 Å². The fourth-order valence-electron chi connectivity index (χ4n) is 2.64. The van der Waals surface area contributed by atoms with Gasteiger partial charge in [-0.1, -0.05) is 24.9 Å². The predicted octanol–water partition coefficient (Wildman–Crippen LogP) is 4.38. The molecule has 2 nitrogen and oxygen atoms in total. The third-order valence-electron chi connectivity index (χ3n) is 3.68. The van der Waals surface area contributed by atoms with Gasteiger partial charge in [0.2, 0.25) is 0 Å². The number of hydrogen-bond acceptors (Lipinski definition) is 2. The lowest BCUT2D eigenvalue weighted by Gasteiger charge is -2.27. The summed E-state index contributed by atoms with van der Waals surface area (Å²) in [5.74, 6) is 0. The molecule has 1 aliphatic heterocycles. The van der Waals surface area contributed by atoms with Crippen molar-refractivity contribution < 1.29 is 0 Å². The lowest BCUT2D eigenvalue weighted by atomic mass is 10.1. The van der Waals surface area contributed by atoms with E-state index >= 15 is 0 Å². The van der Waals surface area contributed by atoms with Gasteiger partial charge in [-0.25, -0.2) is 0 Å². The number of rotatable bonds is 3. The van der Waals surface area contributed by atoms with Crippen LogP contribution in [-0.2, 0) is 0 Å². The van der Waals surface area contributed by atoms with Crippen molar-refractivity contribution in [2.24, 2.45) is 0 Å². The molecule has 1 aromatic rings. The highest BCUT2D eigenvalue weighted by Gasteiger charge is 2.19. The molecule has 1 N–H and O–H groups in total. The van der Waals surface area contributed by atoms with Crippen molar-refractivity contribution in [1.82, 2.24) is 5.32 Å². The van der Waals surface area contributed by atoms with E-state index in [9.17, 15) is 0 Å². The van der Waals surface area contributed by atoms with Gasteiger partial charge in [0.05, 0.1) is 5.69 Å². The fraction of sp³-hybridized carbons (Fsp3) is 0.600. The summed E-state index contributed by atoms with van der Waals surface area (Å²) in [7, 11) is 0. The largest absolute Gasteiger partial charge is 0.369 e. The topological polar surface area (TPSA) is 15.3 Å². The zero-order valence-corrected chi connectivity index (χ0v) is 14.0. The molecule has 0 aromatic heterocycles. The molecule has 1 saturated heterocycles. The predicted molar refractivity (Wildman–Crippen MR) is 87.4 cm³/mol. The van der Waals surface area contributed by atoms with Gasteiger partial charge in [-0.05, 0) is 59.9 Å². The second kappa shape index (κ2) is 6.96. The van der Waals surface area contributed by atoms with Crippen LogP contribution in [0.2, 0.25) is 5.02 Å². The molecule has 0 spiro atoms. The Kier molecular flexibility index (Phi) is 5.55. The van der Waals surface area contributed by atoms with Crippen LogP contribution in [0.4, 0.5) is 5.69 Å². The summed E-state index contributed by atoms with van der Waals surface area (Å²) in [5, 5.41) is 4.49. The number of nitrogens with zero attached hydrogens (tertiary/aromatic N) is 1. The van der Waals surface area contributed by atoms with E-state index in [1.165, 1.54) is 24.9 Å². The van der Waals surface area contributed by atoms with E-state index < -0.39 is 0 Å². The van der Waals surface area contributed by atoms with Gasteiger partial charge in [-0.3, -0.25) is 0 Å². The molecule has 0 radical (unpaired) electrons. The van der Waals surface area contributed by atoms with Crippen molar-refractivity contribution in [2.45, 2.75) is 39.2 Å². The van der Waals surface area contributed by atoms with Crippen molar-refractivity contribution >= 4 is 33.2 Å². The van der Waals surface area contributed by atoms with E-state index in [0.717, 1.165) is 34.7 Å². The first-order valence-electron chi connectivity index (χ1n) is 7.05. The highest BCUT2D eigenvalue weighted by Crippen LogP contribution is 2.32. The highest BCUT2D eigenvalue weighted by atomic mass is 79.9. The first-order valence-corrected chi connectivity index (χ1v) is 8.23. The van der Waals surface area contributed by atoms with E-state index in [2.05, 4.69) is 45.2 Å². The molecule has 1 atom stereocenters. The zero-order chi connectivity index (χ0) is 13.8. The van der Waals surface area contributed by atoms with Gasteiger partial charge < -0.3 is 10.2 Å². The van der Waals surface area contributed by atoms with Crippen LogP contribution in [0, 0.1) is 6.92 Å². The normalized spacial score (nSPS) is 20.4. The summed E-state index contributed by atoms with van der Waals surface area (Å²) in [6.07, 6.45) is 3.63. The first-order chi connectivity index (χ1) is 9.11. The van der Waals surface area contributed by atoms with Gasteiger partial charge in [0.1, 0.15) is 0 Å². The third-order valence-corrected chi connectivity index (χ3v) is 4.73. The van der Waals surface area contributed by atoms with E-state index in [-0.39, 0.29) is 0 Å². The Morgan fingerprint density at radius 1 is 1.47 bits per heavy atom. The Bertz CT molecular complexity index is 436. The Balaban J connectivity index is 2.21. The lowest BCUT2D eigenvalue weighted by Crippen LogP contribution is -2.37. The molecule has 0 bridgehead atoms. The molecule has 1 fully saturated rings. The Morgan fingerprint density at radius 2 is 2.26 bits per heavy atom. The number of benzene rings is 1. The van der Waals surface area contributed by atoms with Gasteiger partial charge in [0.15, 0.2) is 0 Å². The number of hydrogen-bond donors (Lipinski definition) is 1. The van der Waals surface area contributed by atoms with Crippen LogP contribution in [0.5, 0.6) is 0 Å². The van der Waals surface area contributed by atoms with Crippen molar-refractivity contribution in [3.05, 3.63) is 27.2 Å². The van der Waals surface area contributed by atoms with Crippen LogP contribution >= 0.6 is 27.5 Å². The van der Waals surface area contributed by atoms with Crippen LogP contribution < -0.4 is 10.2 Å². The molecule has 4 heteroatoms. The summed E-state index contributed by atoms with van der Waals surface area (Å²) in [5.41, 5.74) is 2.34. The van der Waals surface area contributed by atoms with Gasteiger partial charge in [0, 0.05) is 28.6 Å². The summed E-state index contributed by atoms with van der Waals surface area (Å²) in [4.78, 5) is 2.45. The molecule has 19 heavy (non-hydrogen) atoms. The maximum absolute atomic E-state index is 6.28. The number of anilines is 1. The van der Waals surface area contributed by atoms with Gasteiger partial charge >= 0.3 is 0 Å². The standard InChI is InChI=1S/C15H22BrClN2/c1-3-5-12-10-19(7-4-6-18-12)15-9-14(17)11(2)8-13(15)16/h8-9,12,18H,3-7,10H2,1-2H3. The van der Waals surface area contributed by atoms with Crippen molar-refractivity contribution in [3.8, 4) is 0 Å². The molecule has 2 rings (SSSR count). The molecule has 0 aliphatic carbocycles. The minimum Gasteiger partial charge on any atom is -0.369 e. The van der Waals surface area contributed by atoms with E-state index in [0.29, 0.717) is 6.04 Å². The molecule has 1 aromatic carbocycles. The monoisotopic (exact) mass is 344 g/mol. The van der Waals surface area contributed by atoms with Crippen molar-refractivity contribution in [2.75, 3.05) is 24.5 Å². The average molecular weight is 346 g/mol. The average Bonchev–Trinajstić information content (AvgIpc) is 2.60. The number of nitrogens with one attached hydrogen (secondary N) is 1. The minimum atomic E-state index is 0.583. The summed E-state index contributed by atoms with van der Waals surface area (Å²) in [6, 6.07) is 4.79. The molecule has 0 amide bonds. The minimum absolute atomic E-state index is 0.583.